The largest absolute Gasteiger partial charge is 0.466 e. The van der Waals surface area contributed by atoms with Crippen molar-refractivity contribution in [2.24, 2.45) is 0 Å². The minimum Gasteiger partial charge on any atom is -0.466 e. The van der Waals surface area contributed by atoms with Gasteiger partial charge >= 0.3 is 5.97 Å². The lowest BCUT2D eigenvalue weighted by atomic mass is 9.81. The monoisotopic (exact) mass is 446 g/mol. The first-order valence-corrected chi connectivity index (χ1v) is 12.4. The molecule has 0 amide bonds. The standard InChI is InChI=1S/C24H30O4S2/c1-4-28-22(25)17-23(26)15-5-6-16-24(23,29-20-11-7-18(2)8-12-20)30(27)21-13-9-19(3)10-14-21/h7-14,26H,4-6,15-17H2,1-3H3/t23-,24?,30+/m1/s1. The Morgan fingerprint density at radius 3 is 2.20 bits per heavy atom. The van der Waals surface area contributed by atoms with Crippen LogP contribution in [0.15, 0.2) is 58.3 Å². The number of rotatable bonds is 7. The molecule has 1 aliphatic carbocycles. The highest BCUT2D eigenvalue weighted by molar-refractivity contribution is 8.12. The zero-order valence-electron chi connectivity index (χ0n) is 17.8. The van der Waals surface area contributed by atoms with Crippen molar-refractivity contribution in [2.45, 2.75) is 72.3 Å². The zero-order chi connectivity index (χ0) is 21.8. The van der Waals surface area contributed by atoms with E-state index in [2.05, 4.69) is 0 Å². The first-order valence-electron chi connectivity index (χ1n) is 10.4. The molecule has 0 saturated heterocycles. The molecule has 2 aromatic rings. The molecule has 30 heavy (non-hydrogen) atoms. The number of carbonyl (C=O) groups is 1. The van der Waals surface area contributed by atoms with Gasteiger partial charge in [-0.15, -0.1) is 11.8 Å². The molecule has 1 fully saturated rings. The van der Waals surface area contributed by atoms with Crippen LogP contribution in [0, 0.1) is 13.8 Å². The van der Waals surface area contributed by atoms with Crippen LogP contribution in [0.25, 0.3) is 0 Å². The molecule has 2 aromatic carbocycles. The fraction of sp³-hybridized carbons (Fsp3) is 0.458. The molecular weight excluding hydrogens is 416 g/mol. The average Bonchev–Trinajstić information content (AvgIpc) is 2.71. The van der Waals surface area contributed by atoms with E-state index in [0.717, 1.165) is 28.9 Å². The van der Waals surface area contributed by atoms with Gasteiger partial charge in [-0.05, 0) is 57.9 Å². The first-order chi connectivity index (χ1) is 14.3. The average molecular weight is 447 g/mol. The van der Waals surface area contributed by atoms with E-state index in [-0.39, 0.29) is 13.0 Å². The molecule has 4 nitrogen and oxygen atoms in total. The van der Waals surface area contributed by atoms with Gasteiger partial charge in [0.2, 0.25) is 0 Å². The molecule has 6 heteroatoms. The molecule has 0 spiro atoms. The third-order valence-electron chi connectivity index (χ3n) is 5.64. The van der Waals surface area contributed by atoms with E-state index in [0.29, 0.717) is 17.7 Å². The summed E-state index contributed by atoms with van der Waals surface area (Å²) in [5.74, 6) is -0.448. The van der Waals surface area contributed by atoms with Crippen LogP contribution in [0.4, 0.5) is 0 Å². The van der Waals surface area contributed by atoms with Crippen LogP contribution in [-0.2, 0) is 20.3 Å². The quantitative estimate of drug-likeness (QED) is 0.595. The predicted octanol–water partition coefficient (Wildman–Crippen LogP) is 5.16. The Morgan fingerprint density at radius 2 is 1.60 bits per heavy atom. The second-order valence-corrected chi connectivity index (χ2v) is 11.3. The van der Waals surface area contributed by atoms with Gasteiger partial charge in [0.1, 0.15) is 9.68 Å². The van der Waals surface area contributed by atoms with Crippen LogP contribution in [0.5, 0.6) is 0 Å². The van der Waals surface area contributed by atoms with Gasteiger partial charge in [-0.1, -0.05) is 48.2 Å². The van der Waals surface area contributed by atoms with Crippen molar-refractivity contribution in [1.82, 2.24) is 0 Å². The number of aliphatic hydroxyl groups is 1. The van der Waals surface area contributed by atoms with Crippen LogP contribution in [0.1, 0.15) is 50.2 Å². The van der Waals surface area contributed by atoms with Crippen LogP contribution in [-0.4, -0.2) is 31.6 Å². The van der Waals surface area contributed by atoms with Crippen molar-refractivity contribution in [2.75, 3.05) is 6.61 Å². The van der Waals surface area contributed by atoms with E-state index in [1.807, 2.05) is 62.4 Å². The van der Waals surface area contributed by atoms with Crippen LogP contribution < -0.4 is 0 Å². The number of benzene rings is 2. The fourth-order valence-corrected chi connectivity index (χ4v) is 7.73. The summed E-state index contributed by atoms with van der Waals surface area (Å²) >= 11 is 1.44. The molecule has 0 bridgehead atoms. The number of hydrogen-bond donors (Lipinski definition) is 1. The van der Waals surface area contributed by atoms with Gasteiger partial charge in [0.15, 0.2) is 0 Å². The lowest BCUT2D eigenvalue weighted by molar-refractivity contribution is -0.150. The van der Waals surface area contributed by atoms with E-state index < -0.39 is 26.4 Å². The number of hydrogen-bond acceptors (Lipinski definition) is 5. The smallest absolute Gasteiger partial charge is 0.308 e. The molecule has 0 aromatic heterocycles. The predicted molar refractivity (Wildman–Crippen MR) is 122 cm³/mol. The molecule has 1 aliphatic rings. The molecule has 162 valence electrons. The summed E-state index contributed by atoms with van der Waals surface area (Å²) in [6, 6.07) is 15.6. The van der Waals surface area contributed by atoms with Crippen molar-refractivity contribution in [1.29, 1.82) is 0 Å². The number of thioether (sulfide) groups is 1. The molecule has 0 aliphatic heterocycles. The molecular formula is C24H30O4S2. The second kappa shape index (κ2) is 9.67. The number of carbonyl (C=O) groups excluding carboxylic acids is 1. The van der Waals surface area contributed by atoms with E-state index in [1.165, 1.54) is 11.8 Å². The zero-order valence-corrected chi connectivity index (χ0v) is 19.5. The second-order valence-electron chi connectivity index (χ2n) is 7.97. The number of ether oxygens (including phenoxy) is 1. The topological polar surface area (TPSA) is 63.6 Å². The lowest BCUT2D eigenvalue weighted by Crippen LogP contribution is -2.57. The van der Waals surface area contributed by atoms with E-state index in [9.17, 15) is 14.1 Å². The molecule has 0 radical (unpaired) electrons. The number of esters is 1. The summed E-state index contributed by atoms with van der Waals surface area (Å²) < 4.78 is 18.2. The first kappa shape index (κ1) is 23.0. The minimum atomic E-state index is -1.53. The molecule has 0 heterocycles. The van der Waals surface area contributed by atoms with Crippen LogP contribution in [0.2, 0.25) is 0 Å². The Kier molecular flexibility index (Phi) is 7.43. The highest BCUT2D eigenvalue weighted by Crippen LogP contribution is 2.54. The van der Waals surface area contributed by atoms with Crippen molar-refractivity contribution >= 4 is 28.5 Å². The summed E-state index contributed by atoms with van der Waals surface area (Å²) in [4.78, 5) is 14.0. The third-order valence-corrected chi connectivity index (χ3v) is 9.64. The van der Waals surface area contributed by atoms with Gasteiger partial charge < -0.3 is 9.84 Å². The van der Waals surface area contributed by atoms with Gasteiger partial charge in [-0.3, -0.25) is 9.00 Å². The van der Waals surface area contributed by atoms with Crippen molar-refractivity contribution < 1.29 is 18.8 Å². The minimum absolute atomic E-state index is 0.155. The molecule has 3 rings (SSSR count). The Hall–Kier alpha value is -1.63. The maximum atomic E-state index is 14.0. The molecule has 3 atom stereocenters. The normalized spacial score (nSPS) is 24.9. The van der Waals surface area contributed by atoms with E-state index >= 15 is 0 Å². The van der Waals surface area contributed by atoms with Crippen molar-refractivity contribution in [3.63, 3.8) is 0 Å². The lowest BCUT2D eigenvalue weighted by Gasteiger charge is -2.48. The Morgan fingerprint density at radius 1 is 1.03 bits per heavy atom. The maximum Gasteiger partial charge on any atom is 0.308 e. The van der Waals surface area contributed by atoms with E-state index in [1.54, 1.807) is 6.92 Å². The van der Waals surface area contributed by atoms with Crippen molar-refractivity contribution in [3.05, 3.63) is 59.7 Å². The SMILES string of the molecule is CCOC(=O)C[C@]1(O)CCCCC1(Sc1ccc(C)cc1)[S@@](=O)c1ccc(C)cc1. The Labute approximate surface area is 185 Å². The maximum absolute atomic E-state index is 14.0. The Bertz CT molecular complexity index is 894. The van der Waals surface area contributed by atoms with Gasteiger partial charge in [-0.25, -0.2) is 0 Å². The summed E-state index contributed by atoms with van der Waals surface area (Å²) in [7, 11) is -1.53. The van der Waals surface area contributed by atoms with Gasteiger partial charge in [0.25, 0.3) is 0 Å². The molecule has 1 N–H and O–H groups in total. The highest BCUT2D eigenvalue weighted by Gasteiger charge is 2.58. The summed E-state index contributed by atoms with van der Waals surface area (Å²) in [5.41, 5.74) is 0.794. The van der Waals surface area contributed by atoms with Gasteiger partial charge in [0.05, 0.1) is 23.8 Å². The highest BCUT2D eigenvalue weighted by atomic mass is 32.2. The fourth-order valence-electron chi connectivity index (χ4n) is 3.97. The van der Waals surface area contributed by atoms with Crippen LogP contribution in [0.3, 0.4) is 0 Å². The number of aryl methyl sites for hydroxylation is 2. The van der Waals surface area contributed by atoms with Crippen molar-refractivity contribution in [3.8, 4) is 0 Å². The Balaban J connectivity index is 2.08. The summed E-state index contributed by atoms with van der Waals surface area (Å²) in [6.45, 7) is 6.02. The van der Waals surface area contributed by atoms with Gasteiger partial charge in [-0.2, -0.15) is 0 Å². The summed E-state index contributed by atoms with van der Waals surface area (Å²) in [6.07, 6.45) is 2.46. The van der Waals surface area contributed by atoms with Gasteiger partial charge in [0, 0.05) is 9.79 Å². The van der Waals surface area contributed by atoms with E-state index in [4.69, 9.17) is 4.74 Å². The third kappa shape index (κ3) is 4.82. The summed E-state index contributed by atoms with van der Waals surface area (Å²) in [5, 5.41) is 11.9. The van der Waals surface area contributed by atoms with Crippen LogP contribution >= 0.6 is 11.8 Å². The molecule has 1 unspecified atom stereocenters. The molecule has 1 saturated carbocycles.